The van der Waals surface area contributed by atoms with Gasteiger partial charge < -0.3 is 19.6 Å². The summed E-state index contributed by atoms with van der Waals surface area (Å²) >= 11 is 5.45. The van der Waals surface area contributed by atoms with Gasteiger partial charge in [-0.3, -0.25) is 0 Å². The summed E-state index contributed by atoms with van der Waals surface area (Å²) in [6.07, 6.45) is 0. The molecule has 0 amide bonds. The van der Waals surface area contributed by atoms with Crippen molar-refractivity contribution in [1.29, 1.82) is 0 Å². The smallest absolute Gasteiger partial charge is 0.197 e. The molecular weight excluding hydrogens is 260 g/mol. The Balaban J connectivity index is 2.06. The van der Waals surface area contributed by atoms with Gasteiger partial charge in [-0.05, 0) is 31.4 Å². The van der Waals surface area contributed by atoms with Crippen LogP contribution in [0.15, 0.2) is 18.2 Å². The van der Waals surface area contributed by atoms with Gasteiger partial charge in [0.1, 0.15) is 5.75 Å². The highest BCUT2D eigenvalue weighted by molar-refractivity contribution is 7.71. The summed E-state index contributed by atoms with van der Waals surface area (Å²) in [6.45, 7) is 4.07. The van der Waals surface area contributed by atoms with Gasteiger partial charge in [0, 0.05) is 32.2 Å². The van der Waals surface area contributed by atoms with Crippen molar-refractivity contribution >= 4 is 23.3 Å². The first-order valence-electron chi connectivity index (χ1n) is 6.41. The quantitative estimate of drug-likeness (QED) is 0.847. The maximum atomic E-state index is 5.45. The van der Waals surface area contributed by atoms with E-state index in [9.17, 15) is 0 Å². The van der Waals surface area contributed by atoms with Crippen LogP contribution in [0.3, 0.4) is 0 Å². The molecule has 19 heavy (non-hydrogen) atoms. The molecule has 0 spiro atoms. The van der Waals surface area contributed by atoms with Crippen molar-refractivity contribution in [2.45, 2.75) is 0 Å². The van der Waals surface area contributed by atoms with Crippen molar-refractivity contribution in [3.05, 3.63) is 23.0 Å². The lowest BCUT2D eigenvalue weighted by Gasteiger charge is -2.34. The fraction of sp³-hybridized carbons (Fsp3) is 0.462. The normalized spacial score (nSPS) is 17.1. The second-order valence-electron chi connectivity index (χ2n) is 4.88. The van der Waals surface area contributed by atoms with Crippen LogP contribution in [-0.2, 0) is 0 Å². The Hall–Kier alpha value is -1.53. The number of nitrogens with zero attached hydrogens (tertiary/aromatic N) is 3. The van der Waals surface area contributed by atoms with E-state index in [1.54, 1.807) is 7.11 Å². The molecule has 1 fully saturated rings. The summed E-state index contributed by atoms with van der Waals surface area (Å²) < 4.78 is 8.14. The fourth-order valence-corrected chi connectivity index (χ4v) is 2.80. The third kappa shape index (κ3) is 2.21. The lowest BCUT2D eigenvalue weighted by atomic mass is 10.3. The molecular formula is C13H18N4OS. The molecule has 1 N–H and O–H groups in total. The van der Waals surface area contributed by atoms with E-state index >= 15 is 0 Å². The largest absolute Gasteiger partial charge is 0.497 e. The number of methoxy groups -OCH3 is 1. The monoisotopic (exact) mass is 278 g/mol. The average Bonchev–Trinajstić information content (AvgIpc) is 2.75. The summed E-state index contributed by atoms with van der Waals surface area (Å²) in [5, 5.41) is 2.29. The van der Waals surface area contributed by atoms with Crippen LogP contribution in [0.1, 0.15) is 0 Å². The highest BCUT2D eigenvalue weighted by Crippen LogP contribution is 2.21. The molecule has 1 aliphatic heterocycles. The maximum absolute atomic E-state index is 5.45. The highest BCUT2D eigenvalue weighted by Gasteiger charge is 2.17. The molecule has 2 aromatic rings. The van der Waals surface area contributed by atoms with Gasteiger partial charge in [0.05, 0.1) is 18.1 Å². The number of benzene rings is 1. The predicted molar refractivity (Wildman–Crippen MR) is 79.1 cm³/mol. The van der Waals surface area contributed by atoms with E-state index in [-0.39, 0.29) is 0 Å². The van der Waals surface area contributed by atoms with E-state index in [2.05, 4.69) is 26.6 Å². The molecule has 0 radical (unpaired) electrons. The fourth-order valence-electron chi connectivity index (χ4n) is 2.47. The van der Waals surface area contributed by atoms with Gasteiger partial charge in [-0.15, -0.1) is 0 Å². The van der Waals surface area contributed by atoms with E-state index in [1.807, 2.05) is 18.2 Å². The van der Waals surface area contributed by atoms with Crippen molar-refractivity contribution in [2.24, 2.45) is 0 Å². The minimum atomic E-state index is 0.743. The standard InChI is InChI=1S/C13H18N4OS/c1-15-5-7-16(8-6-15)17-12-9-10(18-2)3-4-11(12)14-13(17)19/h3-4,9H,5-8H2,1-2H3,(H,14,19). The molecule has 1 aliphatic rings. The highest BCUT2D eigenvalue weighted by atomic mass is 32.1. The topological polar surface area (TPSA) is 36.4 Å². The van der Waals surface area contributed by atoms with Crippen molar-refractivity contribution in [2.75, 3.05) is 45.3 Å². The third-order valence-electron chi connectivity index (χ3n) is 3.63. The molecule has 1 aromatic heterocycles. The number of rotatable bonds is 2. The lowest BCUT2D eigenvalue weighted by Crippen LogP contribution is -2.49. The Morgan fingerprint density at radius 1 is 1.21 bits per heavy atom. The van der Waals surface area contributed by atoms with Crippen LogP contribution in [-0.4, -0.2) is 54.9 Å². The number of H-pyrrole nitrogens is 1. The van der Waals surface area contributed by atoms with E-state index in [0.717, 1.165) is 47.7 Å². The van der Waals surface area contributed by atoms with Crippen LogP contribution in [0.5, 0.6) is 5.75 Å². The average molecular weight is 278 g/mol. The first-order valence-corrected chi connectivity index (χ1v) is 6.82. The molecule has 1 saturated heterocycles. The van der Waals surface area contributed by atoms with Crippen molar-refractivity contribution in [1.82, 2.24) is 14.6 Å². The van der Waals surface area contributed by atoms with Crippen molar-refractivity contribution < 1.29 is 4.74 Å². The molecule has 0 bridgehead atoms. The Bertz CT molecular complexity index is 640. The molecule has 3 rings (SSSR count). The number of aromatic amines is 1. The van der Waals surface area contributed by atoms with E-state index < -0.39 is 0 Å². The number of fused-ring (bicyclic) bond motifs is 1. The SMILES string of the molecule is COc1ccc2[nH]c(=S)n(N3CCN(C)CC3)c2c1. The molecule has 0 unspecified atom stereocenters. The van der Waals surface area contributed by atoms with Crippen LogP contribution in [0.4, 0.5) is 0 Å². The molecule has 5 nitrogen and oxygen atoms in total. The van der Waals surface area contributed by atoms with E-state index in [0.29, 0.717) is 0 Å². The molecule has 0 saturated carbocycles. The molecule has 1 aromatic carbocycles. The van der Waals surface area contributed by atoms with Gasteiger partial charge >= 0.3 is 0 Å². The number of hydrogen-bond acceptors (Lipinski definition) is 4. The zero-order valence-electron chi connectivity index (χ0n) is 11.2. The van der Waals surface area contributed by atoms with Gasteiger partial charge in [0.25, 0.3) is 0 Å². The van der Waals surface area contributed by atoms with Crippen LogP contribution in [0.25, 0.3) is 11.0 Å². The van der Waals surface area contributed by atoms with Gasteiger partial charge in [0.2, 0.25) is 0 Å². The summed E-state index contributed by atoms with van der Waals surface area (Å²) in [5.74, 6) is 0.851. The first-order chi connectivity index (χ1) is 9.19. The second-order valence-corrected chi connectivity index (χ2v) is 5.27. The van der Waals surface area contributed by atoms with Crippen molar-refractivity contribution in [3.8, 4) is 5.75 Å². The first kappa shape index (κ1) is 12.5. The van der Waals surface area contributed by atoms with Crippen LogP contribution in [0, 0.1) is 4.77 Å². The number of hydrogen-bond donors (Lipinski definition) is 1. The molecule has 0 atom stereocenters. The van der Waals surface area contributed by atoms with Crippen LogP contribution in [0.2, 0.25) is 0 Å². The molecule has 0 aliphatic carbocycles. The van der Waals surface area contributed by atoms with Gasteiger partial charge in [-0.1, -0.05) is 0 Å². The minimum Gasteiger partial charge on any atom is -0.497 e. The lowest BCUT2D eigenvalue weighted by molar-refractivity contribution is 0.288. The summed E-state index contributed by atoms with van der Waals surface area (Å²) in [7, 11) is 3.83. The minimum absolute atomic E-state index is 0.743. The van der Waals surface area contributed by atoms with Gasteiger partial charge in [0.15, 0.2) is 4.77 Å². The van der Waals surface area contributed by atoms with Gasteiger partial charge in [-0.2, -0.15) is 0 Å². The predicted octanol–water partition coefficient (Wildman–Crippen LogP) is 1.59. The maximum Gasteiger partial charge on any atom is 0.197 e. The third-order valence-corrected chi connectivity index (χ3v) is 3.90. The Morgan fingerprint density at radius 3 is 2.63 bits per heavy atom. The number of imidazole rings is 1. The van der Waals surface area contributed by atoms with E-state index in [1.165, 1.54) is 0 Å². The van der Waals surface area contributed by atoms with Crippen LogP contribution >= 0.6 is 12.2 Å². The summed E-state index contributed by atoms with van der Waals surface area (Å²) in [5.41, 5.74) is 2.12. The number of aromatic nitrogens is 2. The van der Waals surface area contributed by atoms with Gasteiger partial charge in [-0.25, -0.2) is 4.68 Å². The Morgan fingerprint density at radius 2 is 1.95 bits per heavy atom. The zero-order chi connectivity index (χ0) is 13.4. The molecule has 102 valence electrons. The summed E-state index contributed by atoms with van der Waals surface area (Å²) in [4.78, 5) is 5.58. The molecule has 2 heterocycles. The number of piperazine rings is 1. The Labute approximate surface area is 117 Å². The van der Waals surface area contributed by atoms with Crippen LogP contribution < -0.4 is 9.75 Å². The zero-order valence-corrected chi connectivity index (χ0v) is 12.0. The van der Waals surface area contributed by atoms with E-state index in [4.69, 9.17) is 17.0 Å². The second kappa shape index (κ2) is 4.86. The number of likely N-dealkylation sites (N-methyl/N-ethyl adjacent to an activating group) is 1. The summed E-state index contributed by atoms with van der Waals surface area (Å²) in [6, 6.07) is 5.98. The Kier molecular flexibility index (Phi) is 3.20. The van der Waals surface area contributed by atoms with Crippen molar-refractivity contribution in [3.63, 3.8) is 0 Å². The number of nitrogens with one attached hydrogen (secondary N) is 1. The number of ether oxygens (including phenoxy) is 1. The molecule has 6 heteroatoms.